The maximum absolute atomic E-state index is 11.9. The van der Waals surface area contributed by atoms with Crippen molar-refractivity contribution in [3.05, 3.63) is 0 Å². The second kappa shape index (κ2) is 17.9. The van der Waals surface area contributed by atoms with Crippen LogP contribution in [0.15, 0.2) is 0 Å². The molecule has 5 nitrogen and oxygen atoms in total. The highest BCUT2D eigenvalue weighted by molar-refractivity contribution is 7.45. The van der Waals surface area contributed by atoms with Crippen molar-refractivity contribution in [1.29, 1.82) is 0 Å². The van der Waals surface area contributed by atoms with Crippen LogP contribution in [0.1, 0.15) is 104 Å². The second-order valence-corrected chi connectivity index (χ2v) is 10.2. The number of quaternary nitrogens is 1. The van der Waals surface area contributed by atoms with Gasteiger partial charge in [-0.1, -0.05) is 84.5 Å². The van der Waals surface area contributed by atoms with E-state index in [0.29, 0.717) is 6.54 Å². The van der Waals surface area contributed by atoms with Gasteiger partial charge in [-0.15, -0.1) is 0 Å². The average Bonchev–Trinajstić information content (AvgIpc) is 2.63. The van der Waals surface area contributed by atoms with Crippen molar-refractivity contribution in [1.82, 2.24) is 0 Å². The third-order valence-electron chi connectivity index (χ3n) is 5.31. The van der Waals surface area contributed by atoms with Crippen molar-refractivity contribution in [2.75, 3.05) is 40.4 Å². The van der Waals surface area contributed by atoms with Crippen molar-refractivity contribution in [3.63, 3.8) is 0 Å². The zero-order valence-corrected chi connectivity index (χ0v) is 20.1. The Kier molecular flexibility index (Phi) is 17.9. The Balaban J connectivity index is 3.67. The van der Waals surface area contributed by atoms with E-state index in [2.05, 4.69) is 27.9 Å². The summed E-state index contributed by atoms with van der Waals surface area (Å²) in [5.41, 5.74) is 0. The van der Waals surface area contributed by atoms with E-state index in [9.17, 15) is 9.46 Å². The largest absolute Gasteiger partial charge is 0.756 e. The van der Waals surface area contributed by atoms with Gasteiger partial charge in [0, 0.05) is 0 Å². The number of nitrogens with zero attached hydrogens (tertiary/aromatic N) is 1. The summed E-state index contributed by atoms with van der Waals surface area (Å²) in [5.74, 6) is 0. The normalized spacial score (nSPS) is 14.3. The Morgan fingerprint density at radius 2 is 1.07 bits per heavy atom. The fourth-order valence-electron chi connectivity index (χ4n) is 3.28. The van der Waals surface area contributed by atoms with Crippen LogP contribution in [0.25, 0.3) is 0 Å². The number of rotatable bonds is 21. The molecule has 0 heterocycles. The van der Waals surface area contributed by atoms with Gasteiger partial charge in [0.1, 0.15) is 13.2 Å². The van der Waals surface area contributed by atoms with Gasteiger partial charge in [0.25, 0.3) is 7.82 Å². The maximum atomic E-state index is 11.9. The topological polar surface area (TPSA) is 58.6 Å². The number of hydrogen-bond donors (Lipinski definition) is 0. The summed E-state index contributed by atoms with van der Waals surface area (Å²) in [5, 5.41) is 0. The summed E-state index contributed by atoms with van der Waals surface area (Å²) < 4.78 is 22.7. The molecule has 0 aliphatic carbocycles. The van der Waals surface area contributed by atoms with Crippen LogP contribution in [0, 0.1) is 0 Å². The van der Waals surface area contributed by atoms with Gasteiger partial charge >= 0.3 is 0 Å². The minimum atomic E-state index is -4.15. The van der Waals surface area contributed by atoms with Crippen molar-refractivity contribution in [2.45, 2.75) is 104 Å². The van der Waals surface area contributed by atoms with Crippen LogP contribution in [0.5, 0.6) is 0 Å². The minimum absolute atomic E-state index is 0.195. The second-order valence-electron chi connectivity index (χ2n) is 8.74. The summed E-state index contributed by atoms with van der Waals surface area (Å²) in [7, 11) is 0.110. The zero-order chi connectivity index (χ0) is 21.1. The lowest BCUT2D eigenvalue weighted by molar-refractivity contribution is -0.890. The molecule has 170 valence electrons. The van der Waals surface area contributed by atoms with Crippen molar-refractivity contribution >= 4 is 7.82 Å². The summed E-state index contributed by atoms with van der Waals surface area (Å²) in [4.78, 5) is 11.9. The molecule has 0 radical (unpaired) electrons. The molecular weight excluding hydrogens is 373 g/mol. The number of phosphoric acid groups is 1. The molecule has 1 atom stereocenters. The standard InChI is InChI=1S/C22H48NO4P/c1-5-7-9-11-13-14-16-18-21-26-28(24,25)27-22-20-23(3,4)19-17-15-12-10-8-6-2/h5-22H2,1-4H3. The van der Waals surface area contributed by atoms with Crippen LogP contribution in [0.4, 0.5) is 0 Å². The molecule has 0 aromatic rings. The zero-order valence-electron chi connectivity index (χ0n) is 19.3. The average molecular weight is 422 g/mol. The number of hydrogen-bond acceptors (Lipinski definition) is 4. The van der Waals surface area contributed by atoms with Crippen LogP contribution in [0.3, 0.4) is 0 Å². The summed E-state index contributed by atoms with van der Waals surface area (Å²) in [6.07, 6.45) is 17.0. The summed E-state index contributed by atoms with van der Waals surface area (Å²) >= 11 is 0. The van der Waals surface area contributed by atoms with Gasteiger partial charge < -0.3 is 18.4 Å². The van der Waals surface area contributed by atoms with Crippen LogP contribution in [0.2, 0.25) is 0 Å². The van der Waals surface area contributed by atoms with E-state index in [4.69, 9.17) is 9.05 Å². The van der Waals surface area contributed by atoms with E-state index in [1.54, 1.807) is 0 Å². The quantitative estimate of drug-likeness (QED) is 0.128. The Morgan fingerprint density at radius 3 is 1.61 bits per heavy atom. The third-order valence-corrected chi connectivity index (χ3v) is 6.31. The molecule has 1 unspecified atom stereocenters. The van der Waals surface area contributed by atoms with Gasteiger partial charge in [0.15, 0.2) is 0 Å². The predicted molar refractivity (Wildman–Crippen MR) is 117 cm³/mol. The van der Waals surface area contributed by atoms with E-state index < -0.39 is 7.82 Å². The lowest BCUT2D eigenvalue weighted by Gasteiger charge is -2.31. The number of unbranched alkanes of at least 4 members (excludes halogenated alkanes) is 12. The van der Waals surface area contributed by atoms with Gasteiger partial charge in [-0.05, 0) is 19.3 Å². The first-order chi connectivity index (χ1) is 13.3. The van der Waals surface area contributed by atoms with Gasteiger partial charge in [0.2, 0.25) is 0 Å². The molecule has 28 heavy (non-hydrogen) atoms. The molecule has 0 spiro atoms. The molecular formula is C22H48NO4P. The molecule has 0 aliphatic rings. The first kappa shape index (κ1) is 28.1. The lowest BCUT2D eigenvalue weighted by atomic mass is 10.1. The van der Waals surface area contributed by atoms with Crippen LogP contribution in [-0.4, -0.2) is 44.9 Å². The molecule has 0 N–H and O–H groups in total. The SMILES string of the molecule is CCCCCCCCCCOP(=O)([O-])OCC[N+](C)(C)CCCCCCCC. The summed E-state index contributed by atoms with van der Waals surface area (Å²) in [6.45, 7) is 6.62. The molecule has 0 saturated heterocycles. The summed E-state index contributed by atoms with van der Waals surface area (Å²) in [6, 6.07) is 0. The minimum Gasteiger partial charge on any atom is -0.756 e. The van der Waals surface area contributed by atoms with E-state index in [1.807, 2.05) is 0 Å². The molecule has 0 aliphatic heterocycles. The van der Waals surface area contributed by atoms with Gasteiger partial charge in [-0.25, -0.2) is 0 Å². The van der Waals surface area contributed by atoms with Gasteiger partial charge in [0.05, 0.1) is 27.2 Å². The molecule has 0 amide bonds. The van der Waals surface area contributed by atoms with Crippen molar-refractivity contribution in [3.8, 4) is 0 Å². The third kappa shape index (κ3) is 19.4. The van der Waals surface area contributed by atoms with E-state index in [-0.39, 0.29) is 13.2 Å². The maximum Gasteiger partial charge on any atom is 0.268 e. The van der Waals surface area contributed by atoms with E-state index in [0.717, 1.165) is 30.3 Å². The molecule has 0 bridgehead atoms. The lowest BCUT2D eigenvalue weighted by Crippen LogP contribution is -2.43. The highest BCUT2D eigenvalue weighted by atomic mass is 31.2. The number of phosphoric ester groups is 1. The van der Waals surface area contributed by atoms with Gasteiger partial charge in [-0.3, -0.25) is 4.57 Å². The smallest absolute Gasteiger partial charge is 0.268 e. The van der Waals surface area contributed by atoms with Crippen LogP contribution < -0.4 is 4.89 Å². The fourth-order valence-corrected chi connectivity index (χ4v) is 4.01. The highest BCUT2D eigenvalue weighted by Crippen LogP contribution is 2.38. The Morgan fingerprint density at radius 1 is 0.643 bits per heavy atom. The first-order valence-corrected chi connectivity index (χ1v) is 13.2. The molecule has 6 heteroatoms. The number of likely N-dealkylation sites (N-methyl/N-ethyl adjacent to an activating group) is 1. The van der Waals surface area contributed by atoms with Crippen molar-refractivity contribution < 1.29 is 23.0 Å². The first-order valence-electron chi connectivity index (χ1n) is 11.7. The Hall–Kier alpha value is 0.0700. The Labute approximate surface area is 175 Å². The molecule has 0 rings (SSSR count). The molecule has 0 aromatic heterocycles. The fraction of sp³-hybridized carbons (Fsp3) is 1.00. The van der Waals surface area contributed by atoms with Crippen LogP contribution >= 0.6 is 7.82 Å². The van der Waals surface area contributed by atoms with E-state index in [1.165, 1.54) is 70.6 Å². The monoisotopic (exact) mass is 421 g/mol. The van der Waals surface area contributed by atoms with Gasteiger partial charge in [-0.2, -0.15) is 0 Å². The highest BCUT2D eigenvalue weighted by Gasteiger charge is 2.17. The van der Waals surface area contributed by atoms with E-state index >= 15 is 0 Å². The predicted octanol–water partition coefficient (Wildman–Crippen LogP) is 6.07. The Bertz CT molecular complexity index is 391. The molecule has 0 fully saturated rings. The molecule has 0 aromatic carbocycles. The van der Waals surface area contributed by atoms with Crippen molar-refractivity contribution in [2.24, 2.45) is 0 Å². The van der Waals surface area contributed by atoms with Crippen LogP contribution in [-0.2, 0) is 13.6 Å². The molecule has 0 saturated carbocycles.